The molecule has 2 heterocycles. The maximum absolute atomic E-state index is 6.38. The fraction of sp³-hybridized carbons (Fsp3) is 0.350. The summed E-state index contributed by atoms with van der Waals surface area (Å²) in [6, 6.07) is 14.2. The number of benzene rings is 2. The molecule has 27 heavy (non-hydrogen) atoms. The Bertz CT molecular complexity index is 911. The highest BCUT2D eigenvalue weighted by Crippen LogP contribution is 2.57. The van der Waals surface area contributed by atoms with Crippen LogP contribution < -0.4 is 0 Å². The zero-order chi connectivity index (χ0) is 18.6. The average Bonchev–Trinajstić information content (AvgIpc) is 3.20. The number of hydrogen-bond acceptors (Lipinski definition) is 4. The van der Waals surface area contributed by atoms with E-state index in [1.54, 1.807) is 0 Å². The van der Waals surface area contributed by atoms with E-state index in [1.165, 1.54) is 17.5 Å². The maximum atomic E-state index is 6.38. The lowest BCUT2D eigenvalue weighted by atomic mass is 9.70. The quantitative estimate of drug-likeness (QED) is 0.520. The third-order valence-corrected chi connectivity index (χ3v) is 7.98. The number of fused-ring (bicyclic) bond motifs is 1. The minimum absolute atomic E-state index is 0.0938. The molecule has 1 saturated carbocycles. The van der Waals surface area contributed by atoms with E-state index in [9.17, 15) is 0 Å². The van der Waals surface area contributed by atoms with Crippen molar-refractivity contribution < 1.29 is 0 Å². The van der Waals surface area contributed by atoms with Gasteiger partial charge in [0.15, 0.2) is 0 Å². The van der Waals surface area contributed by atoms with Crippen molar-refractivity contribution >= 4 is 52.7 Å². The number of aliphatic imine (C=N–C) groups is 1. The predicted octanol–water partition coefficient (Wildman–Crippen LogP) is 6.36. The van der Waals surface area contributed by atoms with Gasteiger partial charge < -0.3 is 4.90 Å². The van der Waals surface area contributed by atoms with Gasteiger partial charge in [-0.15, -0.1) is 0 Å². The molecule has 1 unspecified atom stereocenters. The second kappa shape index (κ2) is 6.77. The van der Waals surface area contributed by atoms with Crippen LogP contribution in [-0.4, -0.2) is 28.3 Å². The summed E-state index contributed by atoms with van der Waals surface area (Å²) in [5, 5.41) is 2.14. The van der Waals surface area contributed by atoms with Crippen molar-refractivity contribution in [2.45, 2.75) is 30.2 Å². The van der Waals surface area contributed by atoms with Gasteiger partial charge in [-0.1, -0.05) is 53.0 Å². The van der Waals surface area contributed by atoms with Gasteiger partial charge >= 0.3 is 0 Å². The molecule has 5 rings (SSSR count). The van der Waals surface area contributed by atoms with Crippen molar-refractivity contribution in [3.05, 3.63) is 68.7 Å². The van der Waals surface area contributed by atoms with E-state index in [4.69, 9.17) is 39.8 Å². The van der Waals surface area contributed by atoms with Gasteiger partial charge in [0.05, 0.1) is 28.7 Å². The Balaban J connectivity index is 1.62. The van der Waals surface area contributed by atoms with Gasteiger partial charge in [-0.3, -0.25) is 9.30 Å². The summed E-state index contributed by atoms with van der Waals surface area (Å²) in [5.41, 5.74) is 2.37. The molecule has 1 atom stereocenters. The smallest absolute Gasteiger partial charge is 0.209 e. The highest BCUT2D eigenvalue weighted by atomic mass is 35.5. The molecule has 2 aromatic carbocycles. The summed E-state index contributed by atoms with van der Waals surface area (Å²) >= 11 is 20.5. The predicted molar refractivity (Wildman–Crippen MR) is 115 cm³/mol. The number of nitrogens with zero attached hydrogens (tertiary/aromatic N) is 3. The molecule has 140 valence electrons. The van der Waals surface area contributed by atoms with E-state index in [2.05, 4.69) is 27.4 Å². The Morgan fingerprint density at radius 1 is 1.00 bits per heavy atom. The molecule has 7 heteroatoms. The van der Waals surface area contributed by atoms with E-state index in [-0.39, 0.29) is 10.9 Å². The lowest BCUT2D eigenvalue weighted by Crippen LogP contribution is -2.53. The van der Waals surface area contributed by atoms with Crippen LogP contribution in [0.25, 0.3) is 0 Å². The minimum Gasteiger partial charge on any atom is -0.314 e. The van der Waals surface area contributed by atoms with Gasteiger partial charge in [-0.05, 0) is 66.6 Å². The lowest BCUT2D eigenvalue weighted by Gasteiger charge is -2.51. The molecule has 1 aliphatic carbocycles. The largest absolute Gasteiger partial charge is 0.314 e. The summed E-state index contributed by atoms with van der Waals surface area (Å²) in [7, 11) is 0. The summed E-state index contributed by atoms with van der Waals surface area (Å²) in [6.45, 7) is 1.81. The SMILES string of the molecule is Clc1ccc(C2SN3CCN=C3N2C2(c3ccc(Cl)c(Cl)c3)CCC2)cc1. The fourth-order valence-corrected chi connectivity index (χ4v) is 5.97. The summed E-state index contributed by atoms with van der Waals surface area (Å²) in [6.07, 6.45) is 3.37. The van der Waals surface area contributed by atoms with Crippen LogP contribution in [0.3, 0.4) is 0 Å². The molecule has 0 radical (unpaired) electrons. The molecule has 0 N–H and O–H groups in total. The van der Waals surface area contributed by atoms with E-state index >= 15 is 0 Å². The Morgan fingerprint density at radius 3 is 2.44 bits per heavy atom. The monoisotopic (exact) mass is 437 g/mol. The van der Waals surface area contributed by atoms with Crippen molar-refractivity contribution in [2.75, 3.05) is 13.1 Å². The Labute approximate surface area is 178 Å². The Hall–Kier alpha value is -1.07. The molecule has 3 nitrogen and oxygen atoms in total. The highest BCUT2D eigenvalue weighted by Gasteiger charge is 2.54. The van der Waals surface area contributed by atoms with Crippen LogP contribution in [-0.2, 0) is 5.54 Å². The van der Waals surface area contributed by atoms with Crippen molar-refractivity contribution in [1.29, 1.82) is 0 Å². The van der Waals surface area contributed by atoms with Crippen LogP contribution in [0, 0.1) is 0 Å². The summed E-state index contributed by atoms with van der Waals surface area (Å²) in [5.74, 6) is 1.09. The minimum atomic E-state index is -0.0938. The number of rotatable bonds is 3. The van der Waals surface area contributed by atoms with Crippen LogP contribution in [0.4, 0.5) is 0 Å². The van der Waals surface area contributed by atoms with Crippen molar-refractivity contribution in [1.82, 2.24) is 9.21 Å². The van der Waals surface area contributed by atoms with E-state index in [0.29, 0.717) is 10.0 Å². The molecule has 2 aliphatic heterocycles. The molecule has 0 aromatic heterocycles. The zero-order valence-electron chi connectivity index (χ0n) is 14.5. The Kier molecular flexibility index (Phi) is 4.51. The number of halogens is 3. The second-order valence-corrected chi connectivity index (χ2v) is 9.53. The molecule has 3 aliphatic rings. The molecule has 1 saturated heterocycles. The second-order valence-electron chi connectivity index (χ2n) is 7.18. The summed E-state index contributed by atoms with van der Waals surface area (Å²) < 4.78 is 2.33. The first-order valence-corrected chi connectivity index (χ1v) is 11.0. The van der Waals surface area contributed by atoms with Crippen LogP contribution >= 0.6 is 46.8 Å². The Morgan fingerprint density at radius 2 is 1.78 bits per heavy atom. The van der Waals surface area contributed by atoms with Crippen LogP contribution in [0.2, 0.25) is 15.1 Å². The molecule has 0 bridgehead atoms. The van der Waals surface area contributed by atoms with Gasteiger partial charge in [-0.2, -0.15) is 0 Å². The maximum Gasteiger partial charge on any atom is 0.209 e. The van der Waals surface area contributed by atoms with Gasteiger partial charge in [0.1, 0.15) is 5.37 Å². The standard InChI is InChI=1S/C20H18Cl3N3S/c21-15-5-2-13(3-6-15)18-26(19-24-10-11-25(19)27-18)20(8-1-9-20)14-4-7-16(22)17(23)12-14/h2-7,12,18H,1,8-11H2. The lowest BCUT2D eigenvalue weighted by molar-refractivity contribution is 0.0646. The molecule has 0 amide bonds. The molecule has 0 spiro atoms. The van der Waals surface area contributed by atoms with Crippen molar-refractivity contribution in [3.63, 3.8) is 0 Å². The van der Waals surface area contributed by atoms with Gasteiger partial charge in [0, 0.05) is 5.02 Å². The van der Waals surface area contributed by atoms with Crippen LogP contribution in [0.1, 0.15) is 35.8 Å². The van der Waals surface area contributed by atoms with Crippen LogP contribution in [0.5, 0.6) is 0 Å². The first kappa shape index (κ1) is 18.0. The number of guanidine groups is 1. The topological polar surface area (TPSA) is 18.8 Å². The van der Waals surface area contributed by atoms with E-state index in [0.717, 1.165) is 36.9 Å². The molecule has 2 fully saturated rings. The first-order valence-electron chi connectivity index (χ1n) is 9.08. The zero-order valence-corrected chi connectivity index (χ0v) is 17.6. The fourth-order valence-electron chi connectivity index (χ4n) is 4.21. The van der Waals surface area contributed by atoms with E-state index < -0.39 is 0 Å². The van der Waals surface area contributed by atoms with Crippen molar-refractivity contribution in [2.24, 2.45) is 4.99 Å². The first-order chi connectivity index (χ1) is 13.1. The van der Waals surface area contributed by atoms with Crippen LogP contribution in [0.15, 0.2) is 47.5 Å². The van der Waals surface area contributed by atoms with E-state index in [1.807, 2.05) is 36.2 Å². The van der Waals surface area contributed by atoms with Crippen molar-refractivity contribution in [3.8, 4) is 0 Å². The van der Waals surface area contributed by atoms with Gasteiger partial charge in [0.2, 0.25) is 5.96 Å². The average molecular weight is 439 g/mol. The summed E-state index contributed by atoms with van der Waals surface area (Å²) in [4.78, 5) is 7.36. The third-order valence-electron chi connectivity index (χ3n) is 5.71. The molecule has 2 aromatic rings. The number of hydrogen-bond donors (Lipinski definition) is 0. The van der Waals surface area contributed by atoms with Gasteiger partial charge in [-0.25, -0.2) is 0 Å². The normalized spacial score (nSPS) is 23.2. The molecular weight excluding hydrogens is 421 g/mol. The molecular formula is C20H18Cl3N3S. The highest BCUT2D eigenvalue weighted by molar-refractivity contribution is 7.98. The third kappa shape index (κ3) is 2.84. The van der Waals surface area contributed by atoms with Gasteiger partial charge in [0.25, 0.3) is 0 Å².